The second kappa shape index (κ2) is 13.2. The number of rotatable bonds is 9. The molecule has 0 saturated carbocycles. The summed E-state index contributed by atoms with van der Waals surface area (Å²) in [5.41, 5.74) is 3.15. The van der Waals surface area contributed by atoms with Gasteiger partial charge in [0.25, 0.3) is 0 Å². The van der Waals surface area contributed by atoms with Crippen LogP contribution in [0.1, 0.15) is 29.7 Å². The number of anilines is 2. The average molecular weight is 713 g/mol. The van der Waals surface area contributed by atoms with Crippen molar-refractivity contribution in [3.8, 4) is 17.2 Å². The second-order valence-electron chi connectivity index (χ2n) is 10.5. The van der Waals surface area contributed by atoms with Crippen molar-refractivity contribution in [3.63, 3.8) is 0 Å². The van der Waals surface area contributed by atoms with Crippen LogP contribution in [0, 0.1) is 5.82 Å². The summed E-state index contributed by atoms with van der Waals surface area (Å²) >= 11 is 16.2. The van der Waals surface area contributed by atoms with Gasteiger partial charge in [-0.15, -0.1) is 0 Å². The summed E-state index contributed by atoms with van der Waals surface area (Å²) in [6, 6.07) is 19.7. The topological polar surface area (TPSA) is 72.8 Å². The Morgan fingerprint density at radius 1 is 0.978 bits per heavy atom. The third-order valence-electron chi connectivity index (χ3n) is 7.83. The van der Waals surface area contributed by atoms with E-state index in [-0.39, 0.29) is 32.9 Å². The minimum Gasteiger partial charge on any atom is -0.497 e. The molecule has 0 aliphatic carbocycles. The van der Waals surface area contributed by atoms with Gasteiger partial charge in [-0.1, -0.05) is 41.9 Å². The summed E-state index contributed by atoms with van der Waals surface area (Å²) in [4.78, 5) is 17.9. The summed E-state index contributed by atoms with van der Waals surface area (Å²) in [6.07, 6.45) is 1.79. The van der Waals surface area contributed by atoms with E-state index in [0.29, 0.717) is 36.6 Å². The molecule has 2 aromatic heterocycles. The maximum atomic E-state index is 15.4. The monoisotopic (exact) mass is 711 g/mol. The number of methoxy groups -OCH3 is 2. The fourth-order valence-electron chi connectivity index (χ4n) is 5.55. The standard InChI is InChI=1S/C33H29BrCl2FN5O3/c1-19(42-15-16-45-30-25-29(28(37)26(34)27(30)35)39-33(36)40-32(25)42)24-5-4-14-38-31(24)41(17-20-6-10-22(43-2)11-7-20)18-21-8-12-23(44-3)13-9-21/h4-14,19H,15-18H2,1-3H3/t19-/m1/s1. The summed E-state index contributed by atoms with van der Waals surface area (Å²) in [5, 5.41) is 0.407. The highest BCUT2D eigenvalue weighted by molar-refractivity contribution is 9.10. The average Bonchev–Trinajstić information content (AvgIpc) is 3.26. The van der Waals surface area contributed by atoms with E-state index in [2.05, 4.69) is 37.7 Å². The Morgan fingerprint density at radius 3 is 2.20 bits per heavy atom. The minimum absolute atomic E-state index is 0.0300. The lowest BCUT2D eigenvalue weighted by atomic mass is 10.0. The maximum Gasteiger partial charge on any atom is 0.225 e. The Morgan fingerprint density at radius 2 is 1.60 bits per heavy atom. The van der Waals surface area contributed by atoms with Crippen molar-refractivity contribution in [2.75, 3.05) is 37.2 Å². The zero-order chi connectivity index (χ0) is 31.7. The molecule has 45 heavy (non-hydrogen) atoms. The van der Waals surface area contributed by atoms with E-state index in [1.807, 2.05) is 65.6 Å². The first kappa shape index (κ1) is 31.1. The largest absolute Gasteiger partial charge is 0.497 e. The van der Waals surface area contributed by atoms with Gasteiger partial charge in [0.1, 0.15) is 40.3 Å². The fourth-order valence-corrected chi connectivity index (χ4v) is 6.31. The fraction of sp³-hybridized carbons (Fsp3) is 0.242. The maximum absolute atomic E-state index is 15.4. The van der Waals surface area contributed by atoms with Crippen LogP contribution >= 0.6 is 39.1 Å². The van der Waals surface area contributed by atoms with Gasteiger partial charge >= 0.3 is 0 Å². The molecule has 8 nitrogen and oxygen atoms in total. The number of benzene rings is 3. The van der Waals surface area contributed by atoms with Crippen molar-refractivity contribution in [1.29, 1.82) is 0 Å². The number of hydrogen-bond donors (Lipinski definition) is 0. The molecule has 0 unspecified atom stereocenters. The van der Waals surface area contributed by atoms with E-state index in [9.17, 15) is 0 Å². The lowest BCUT2D eigenvalue weighted by molar-refractivity contribution is 0.327. The zero-order valence-corrected chi connectivity index (χ0v) is 27.8. The van der Waals surface area contributed by atoms with Crippen LogP contribution in [-0.2, 0) is 13.1 Å². The van der Waals surface area contributed by atoms with Crippen LogP contribution in [0.4, 0.5) is 16.0 Å². The highest BCUT2D eigenvalue weighted by Gasteiger charge is 2.32. The second-order valence-corrected chi connectivity index (χ2v) is 12.0. The molecule has 5 aromatic rings. The number of aromatic nitrogens is 3. The number of nitrogens with zero attached hydrogens (tertiary/aromatic N) is 5. The molecule has 0 radical (unpaired) electrons. The Labute approximate surface area is 278 Å². The number of pyridine rings is 1. The predicted octanol–water partition coefficient (Wildman–Crippen LogP) is 8.42. The van der Waals surface area contributed by atoms with Crippen LogP contribution in [0.3, 0.4) is 0 Å². The number of hydrogen-bond acceptors (Lipinski definition) is 8. The highest BCUT2D eigenvalue weighted by atomic mass is 79.9. The molecular formula is C33H29BrCl2FN5O3. The SMILES string of the molecule is COc1ccc(CN(Cc2ccc(OC)cc2)c2ncccc2[C@@H](C)N2CCOc3c(Cl)c(Br)c(F)c4nc(Cl)nc2c34)cc1. The van der Waals surface area contributed by atoms with Crippen molar-refractivity contribution >= 4 is 61.7 Å². The Bertz CT molecular complexity index is 1800. The summed E-state index contributed by atoms with van der Waals surface area (Å²) < 4.78 is 32.3. The first-order valence-electron chi connectivity index (χ1n) is 14.2. The van der Waals surface area contributed by atoms with Crippen LogP contribution in [0.2, 0.25) is 10.3 Å². The summed E-state index contributed by atoms with van der Waals surface area (Å²) in [6.45, 7) is 3.93. The molecule has 1 aliphatic heterocycles. The van der Waals surface area contributed by atoms with E-state index in [1.54, 1.807) is 20.4 Å². The predicted molar refractivity (Wildman–Crippen MR) is 179 cm³/mol. The Kier molecular flexibility index (Phi) is 9.16. The van der Waals surface area contributed by atoms with Gasteiger partial charge in [0.05, 0.1) is 36.7 Å². The van der Waals surface area contributed by atoms with Gasteiger partial charge in [-0.05, 0) is 75.9 Å². The van der Waals surface area contributed by atoms with Crippen LogP contribution in [-0.4, -0.2) is 42.3 Å². The van der Waals surface area contributed by atoms with Crippen LogP contribution in [0.15, 0.2) is 71.3 Å². The molecule has 0 N–H and O–H groups in total. The van der Waals surface area contributed by atoms with Crippen LogP contribution in [0.5, 0.6) is 17.2 Å². The molecule has 0 saturated heterocycles. The minimum atomic E-state index is -0.630. The molecular weight excluding hydrogens is 684 g/mol. The molecule has 0 bridgehead atoms. The molecule has 3 aromatic carbocycles. The Hall–Kier alpha value is -3.86. The van der Waals surface area contributed by atoms with Gasteiger partial charge in [0.15, 0.2) is 11.6 Å². The highest BCUT2D eigenvalue weighted by Crippen LogP contribution is 2.47. The first-order chi connectivity index (χ1) is 21.8. The molecule has 0 fully saturated rings. The molecule has 3 heterocycles. The molecule has 6 rings (SSSR count). The van der Waals surface area contributed by atoms with Gasteiger partial charge in [0, 0.05) is 24.8 Å². The third kappa shape index (κ3) is 6.19. The summed E-state index contributed by atoms with van der Waals surface area (Å²) in [5.74, 6) is 2.48. The van der Waals surface area contributed by atoms with E-state index in [4.69, 9.17) is 42.4 Å². The van der Waals surface area contributed by atoms with Crippen molar-refractivity contribution in [2.45, 2.75) is 26.1 Å². The molecule has 1 aliphatic rings. The zero-order valence-electron chi connectivity index (χ0n) is 24.7. The lowest BCUT2D eigenvalue weighted by Crippen LogP contribution is -2.33. The van der Waals surface area contributed by atoms with E-state index < -0.39 is 5.82 Å². The van der Waals surface area contributed by atoms with Crippen molar-refractivity contribution in [2.24, 2.45) is 0 Å². The summed E-state index contributed by atoms with van der Waals surface area (Å²) in [7, 11) is 3.30. The molecule has 12 heteroatoms. The van der Waals surface area contributed by atoms with Crippen LogP contribution < -0.4 is 24.0 Å². The number of halogens is 4. The normalized spacial score (nSPS) is 13.3. The van der Waals surface area contributed by atoms with E-state index in [0.717, 1.165) is 34.0 Å². The van der Waals surface area contributed by atoms with E-state index in [1.165, 1.54) is 0 Å². The smallest absolute Gasteiger partial charge is 0.225 e. The molecule has 1 atom stereocenters. The van der Waals surface area contributed by atoms with Crippen LogP contribution in [0.25, 0.3) is 10.9 Å². The first-order valence-corrected chi connectivity index (χ1v) is 15.7. The van der Waals surface area contributed by atoms with Crippen molar-refractivity contribution in [1.82, 2.24) is 15.0 Å². The van der Waals surface area contributed by atoms with Gasteiger partial charge in [-0.2, -0.15) is 4.98 Å². The van der Waals surface area contributed by atoms with Gasteiger partial charge in [0.2, 0.25) is 5.28 Å². The van der Waals surface area contributed by atoms with Gasteiger partial charge in [-0.25, -0.2) is 14.4 Å². The quantitative estimate of drug-likeness (QED) is 0.111. The Balaban J connectivity index is 1.44. The molecule has 232 valence electrons. The van der Waals surface area contributed by atoms with Crippen molar-refractivity contribution < 1.29 is 18.6 Å². The van der Waals surface area contributed by atoms with Gasteiger partial charge < -0.3 is 24.0 Å². The van der Waals surface area contributed by atoms with E-state index >= 15 is 4.39 Å². The third-order valence-corrected chi connectivity index (χ3v) is 9.33. The molecule has 0 spiro atoms. The van der Waals surface area contributed by atoms with Gasteiger partial charge in [-0.3, -0.25) is 0 Å². The lowest BCUT2D eigenvalue weighted by Gasteiger charge is -2.33. The van der Waals surface area contributed by atoms with Crippen molar-refractivity contribution in [3.05, 3.63) is 104 Å². The number of ether oxygens (including phenoxy) is 3. The molecule has 0 amide bonds.